The number of esters is 2. The van der Waals surface area contributed by atoms with E-state index in [1.807, 2.05) is 0 Å². The van der Waals surface area contributed by atoms with E-state index in [-0.39, 0.29) is 18.3 Å². The lowest BCUT2D eigenvalue weighted by molar-refractivity contribution is 0.0487. The number of ether oxygens (including phenoxy) is 2. The highest BCUT2D eigenvalue weighted by Crippen LogP contribution is 2.31. The molecule has 0 radical (unpaired) electrons. The van der Waals surface area contributed by atoms with Gasteiger partial charge in [0.2, 0.25) is 5.76 Å². The van der Waals surface area contributed by atoms with Gasteiger partial charge in [0.05, 0.1) is 18.8 Å². The first-order valence-corrected chi connectivity index (χ1v) is 7.60. The monoisotopic (exact) mass is 366 g/mol. The zero-order valence-corrected chi connectivity index (χ0v) is 13.8. The zero-order chi connectivity index (χ0) is 16.1. The summed E-state index contributed by atoms with van der Waals surface area (Å²) >= 11 is 3.21. The molecule has 0 N–H and O–H groups in total. The first-order valence-electron chi connectivity index (χ1n) is 6.80. The molecule has 0 atom stereocenters. The van der Waals surface area contributed by atoms with E-state index >= 15 is 0 Å². The second-order valence-corrected chi connectivity index (χ2v) is 5.09. The molecule has 0 saturated carbocycles. The third kappa shape index (κ3) is 3.57. The van der Waals surface area contributed by atoms with Crippen LogP contribution in [0.4, 0.5) is 0 Å². The molecule has 5 nitrogen and oxygen atoms in total. The second kappa shape index (κ2) is 7.26. The summed E-state index contributed by atoms with van der Waals surface area (Å²) in [6.07, 6.45) is 0. The summed E-state index contributed by atoms with van der Waals surface area (Å²) in [4.78, 5) is 23.5. The molecule has 1 aromatic heterocycles. The van der Waals surface area contributed by atoms with E-state index in [1.165, 1.54) is 0 Å². The maximum absolute atomic E-state index is 11.9. The molecule has 0 bridgehead atoms. The number of hydrogen-bond acceptors (Lipinski definition) is 5. The lowest BCUT2D eigenvalue weighted by Crippen LogP contribution is -2.05. The Labute approximate surface area is 136 Å². The highest BCUT2D eigenvalue weighted by Gasteiger charge is 2.20. The largest absolute Gasteiger partial charge is 0.462 e. The molecule has 1 heterocycles. The minimum atomic E-state index is -0.530. The van der Waals surface area contributed by atoms with Crippen LogP contribution in [0.15, 0.2) is 39.4 Å². The Kier molecular flexibility index (Phi) is 5.38. The highest BCUT2D eigenvalue weighted by molar-refractivity contribution is 9.10. The molecule has 0 aliphatic carbocycles. The van der Waals surface area contributed by atoms with Crippen molar-refractivity contribution in [2.24, 2.45) is 0 Å². The van der Waals surface area contributed by atoms with Gasteiger partial charge in [-0.2, -0.15) is 0 Å². The fourth-order valence-electron chi connectivity index (χ4n) is 1.92. The van der Waals surface area contributed by atoms with Gasteiger partial charge in [-0.05, 0) is 53.5 Å². The third-order valence-electron chi connectivity index (χ3n) is 2.87. The van der Waals surface area contributed by atoms with Gasteiger partial charge in [0.1, 0.15) is 0 Å². The quantitative estimate of drug-likeness (QED) is 0.746. The van der Waals surface area contributed by atoms with Gasteiger partial charge >= 0.3 is 11.9 Å². The van der Waals surface area contributed by atoms with Crippen molar-refractivity contribution in [1.82, 2.24) is 0 Å². The van der Waals surface area contributed by atoms with Crippen molar-refractivity contribution in [2.75, 3.05) is 13.2 Å². The molecule has 0 unspecified atom stereocenters. The van der Waals surface area contributed by atoms with Gasteiger partial charge in [0.15, 0.2) is 4.67 Å². The maximum Gasteiger partial charge on any atom is 0.374 e. The lowest BCUT2D eigenvalue weighted by Gasteiger charge is -2.04. The lowest BCUT2D eigenvalue weighted by atomic mass is 10.0. The van der Waals surface area contributed by atoms with Crippen LogP contribution in [0.1, 0.15) is 34.8 Å². The predicted octanol–water partition coefficient (Wildman–Crippen LogP) is 4.06. The average Bonchev–Trinajstić information content (AvgIpc) is 2.90. The molecule has 0 aliphatic rings. The number of halogens is 1. The Morgan fingerprint density at radius 3 is 2.23 bits per heavy atom. The highest BCUT2D eigenvalue weighted by atomic mass is 79.9. The molecular formula is C16H15BrO5. The first kappa shape index (κ1) is 16.3. The van der Waals surface area contributed by atoms with Crippen LogP contribution in [0.3, 0.4) is 0 Å². The normalized spacial score (nSPS) is 10.3. The van der Waals surface area contributed by atoms with E-state index in [2.05, 4.69) is 15.9 Å². The van der Waals surface area contributed by atoms with Gasteiger partial charge in [-0.3, -0.25) is 0 Å². The molecule has 1 aromatic carbocycles. The Balaban J connectivity index is 2.32. The van der Waals surface area contributed by atoms with Crippen LogP contribution in [0.5, 0.6) is 0 Å². The van der Waals surface area contributed by atoms with Crippen LogP contribution >= 0.6 is 15.9 Å². The van der Waals surface area contributed by atoms with Crippen LogP contribution in [-0.4, -0.2) is 25.2 Å². The van der Waals surface area contributed by atoms with E-state index < -0.39 is 5.97 Å². The van der Waals surface area contributed by atoms with Gasteiger partial charge in [0.25, 0.3) is 0 Å². The van der Waals surface area contributed by atoms with Crippen molar-refractivity contribution in [3.8, 4) is 11.1 Å². The summed E-state index contributed by atoms with van der Waals surface area (Å²) in [5.74, 6) is -0.789. The third-order valence-corrected chi connectivity index (χ3v) is 3.26. The number of furan rings is 1. The van der Waals surface area contributed by atoms with Gasteiger partial charge in [-0.15, -0.1) is 0 Å². The summed E-state index contributed by atoms with van der Waals surface area (Å²) in [6.45, 7) is 4.06. The second-order valence-electron chi connectivity index (χ2n) is 4.31. The van der Waals surface area contributed by atoms with Crippen LogP contribution in [-0.2, 0) is 9.47 Å². The average molecular weight is 367 g/mol. The molecule has 6 heteroatoms. The zero-order valence-electron chi connectivity index (χ0n) is 12.2. The summed E-state index contributed by atoms with van der Waals surface area (Å²) < 4.78 is 15.7. The van der Waals surface area contributed by atoms with Gasteiger partial charge < -0.3 is 13.9 Å². The minimum absolute atomic E-state index is 0.123. The standard InChI is InChI=1S/C16H15BrO5/c1-3-20-15(18)11-7-5-10(6-8-11)12-9-13(17)22-14(12)16(19)21-4-2/h5-9H,3-4H2,1-2H3. The number of hydrogen-bond donors (Lipinski definition) is 0. The van der Waals surface area contributed by atoms with Crippen molar-refractivity contribution < 1.29 is 23.5 Å². The van der Waals surface area contributed by atoms with E-state index in [1.54, 1.807) is 44.2 Å². The Morgan fingerprint density at radius 1 is 1.05 bits per heavy atom. The molecule has 0 fully saturated rings. The van der Waals surface area contributed by atoms with Crippen molar-refractivity contribution in [2.45, 2.75) is 13.8 Å². The smallest absolute Gasteiger partial charge is 0.374 e. The molecular weight excluding hydrogens is 352 g/mol. The molecule has 0 aliphatic heterocycles. The Morgan fingerprint density at radius 2 is 1.64 bits per heavy atom. The first-order chi connectivity index (χ1) is 10.6. The van der Waals surface area contributed by atoms with E-state index in [0.29, 0.717) is 22.4 Å². The van der Waals surface area contributed by atoms with Crippen molar-refractivity contribution in [3.63, 3.8) is 0 Å². The summed E-state index contributed by atoms with van der Waals surface area (Å²) in [5, 5.41) is 0. The van der Waals surface area contributed by atoms with Crippen LogP contribution < -0.4 is 0 Å². The van der Waals surface area contributed by atoms with E-state index in [4.69, 9.17) is 13.9 Å². The molecule has 0 saturated heterocycles. The maximum atomic E-state index is 11.9. The van der Waals surface area contributed by atoms with Gasteiger partial charge in [-0.1, -0.05) is 12.1 Å². The van der Waals surface area contributed by atoms with Crippen molar-refractivity contribution >= 4 is 27.9 Å². The summed E-state index contributed by atoms with van der Waals surface area (Å²) in [6, 6.07) is 8.43. The van der Waals surface area contributed by atoms with Crippen LogP contribution in [0.25, 0.3) is 11.1 Å². The number of carbonyl (C=O) groups is 2. The Bertz CT molecular complexity index is 672. The number of rotatable bonds is 5. The van der Waals surface area contributed by atoms with E-state index in [9.17, 15) is 9.59 Å². The molecule has 116 valence electrons. The van der Waals surface area contributed by atoms with Crippen molar-refractivity contribution in [3.05, 3.63) is 46.3 Å². The SMILES string of the molecule is CCOC(=O)c1ccc(-c2cc(Br)oc2C(=O)OCC)cc1. The number of carbonyl (C=O) groups excluding carboxylic acids is 2. The van der Waals surface area contributed by atoms with E-state index in [0.717, 1.165) is 5.56 Å². The fraction of sp³-hybridized carbons (Fsp3) is 0.250. The van der Waals surface area contributed by atoms with Crippen LogP contribution in [0, 0.1) is 0 Å². The summed E-state index contributed by atoms with van der Waals surface area (Å²) in [5.41, 5.74) is 1.79. The van der Waals surface area contributed by atoms with Gasteiger partial charge in [-0.25, -0.2) is 9.59 Å². The molecule has 0 amide bonds. The molecule has 22 heavy (non-hydrogen) atoms. The fourth-order valence-corrected chi connectivity index (χ4v) is 2.31. The van der Waals surface area contributed by atoms with Crippen molar-refractivity contribution in [1.29, 1.82) is 0 Å². The summed E-state index contributed by atoms with van der Waals surface area (Å²) in [7, 11) is 0. The van der Waals surface area contributed by atoms with Crippen LogP contribution in [0.2, 0.25) is 0 Å². The Hall–Kier alpha value is -2.08. The topological polar surface area (TPSA) is 65.7 Å². The molecule has 2 rings (SSSR count). The minimum Gasteiger partial charge on any atom is -0.462 e. The number of benzene rings is 1. The molecule has 2 aromatic rings. The predicted molar refractivity (Wildman–Crippen MR) is 83.8 cm³/mol. The molecule has 0 spiro atoms. The van der Waals surface area contributed by atoms with Gasteiger partial charge in [0, 0.05) is 5.56 Å².